The fraction of sp³-hybridized carbons (Fsp3) is 0. The van der Waals surface area contributed by atoms with Crippen molar-refractivity contribution in [1.82, 2.24) is 0 Å². The molecule has 0 unspecified atom stereocenters. The summed E-state index contributed by atoms with van der Waals surface area (Å²) in [5, 5.41) is 7.03. The van der Waals surface area contributed by atoms with Crippen molar-refractivity contribution in [2.24, 2.45) is 0 Å². The summed E-state index contributed by atoms with van der Waals surface area (Å²) in [6.45, 7) is 0. The first kappa shape index (κ1) is 9.98. The van der Waals surface area contributed by atoms with Gasteiger partial charge in [0, 0.05) is 0 Å². The molecule has 0 radical (unpaired) electrons. The van der Waals surface area contributed by atoms with Crippen LogP contribution in [0.25, 0.3) is 0 Å². The topological polar surface area (TPSA) is 63.6 Å². The maximum absolute atomic E-state index is 8.90. The minimum absolute atomic E-state index is 0. The first-order chi connectivity index (χ1) is 2.27. The Hall–Kier alpha value is 0.870. The van der Waals surface area contributed by atoms with Crippen LogP contribution in [-0.2, 0) is 23.7 Å². The van der Waals surface area contributed by atoms with Gasteiger partial charge in [-0.2, -0.15) is 0 Å². The summed E-state index contributed by atoms with van der Waals surface area (Å²) in [6.07, 6.45) is 0. The normalized spacial score (nSPS) is 7.67. The van der Waals surface area contributed by atoms with Crippen molar-refractivity contribution in [2.45, 2.75) is 0 Å². The van der Waals surface area contributed by atoms with Gasteiger partial charge in [0.15, 0.2) is 0 Å². The Balaban J connectivity index is 0. The van der Waals surface area contributed by atoms with Crippen LogP contribution in [0.1, 0.15) is 0 Å². The van der Waals surface area contributed by atoms with Gasteiger partial charge in [-0.25, -0.2) is 0 Å². The van der Waals surface area contributed by atoms with E-state index in [1.165, 1.54) is 0 Å². The molecule has 32 valence electrons. The van der Waals surface area contributed by atoms with Crippen molar-refractivity contribution in [3.8, 4) is 0 Å². The zero-order valence-corrected chi connectivity index (χ0v) is 5.90. The van der Waals surface area contributed by atoms with E-state index in [1.54, 1.807) is 0 Å². The van der Waals surface area contributed by atoms with E-state index >= 15 is 0 Å². The maximum atomic E-state index is 8.90. The molecule has 0 amide bonds. The smallest absolute Gasteiger partial charge is 0.394 e. The Bertz CT molecular complexity index is 65.6. The Morgan fingerprint density at radius 3 is 1.67 bits per heavy atom. The Labute approximate surface area is 58.5 Å². The first-order valence-electron chi connectivity index (χ1n) is 0.683. The minimum atomic E-state index is -2.77. The molecule has 0 aromatic carbocycles. The third-order valence-electron chi connectivity index (χ3n) is 0.0609. The predicted molar refractivity (Wildman–Crippen MR) is 12.5 cm³/mol. The molecule has 0 atom stereocenters. The molecule has 4 nitrogen and oxygen atoms in total. The monoisotopic (exact) mass is 120 g/mol. The maximum Gasteiger partial charge on any atom is 1.00 e. The van der Waals surface area contributed by atoms with Crippen LogP contribution in [-0.4, -0.2) is 5.26 Å². The van der Waals surface area contributed by atoms with E-state index in [1.807, 2.05) is 0 Å². The van der Waals surface area contributed by atoms with E-state index < -0.39 is 11.0 Å². The third kappa shape index (κ3) is 8.85. The van der Waals surface area contributed by atoms with E-state index in [0.717, 1.165) is 0 Å². The molecule has 0 aliphatic carbocycles. The van der Waals surface area contributed by atoms with Gasteiger partial charge < -0.3 is 8.42 Å². The molecule has 0 saturated heterocycles. The average molecular weight is 120 g/mol. The molecule has 0 fully saturated rings. The second kappa shape index (κ2) is 5.87. The molecule has 0 aliphatic heterocycles. The quantitative estimate of drug-likeness (QED) is 0.170. The molecule has 6 heavy (non-hydrogen) atoms. The van der Waals surface area contributed by atoms with Crippen LogP contribution in [0.4, 0.5) is 0 Å². The molecule has 0 aromatic heterocycles. The van der Waals surface area contributed by atoms with Gasteiger partial charge in [0.25, 0.3) is 0 Å². The van der Waals surface area contributed by atoms with Crippen molar-refractivity contribution in [3.05, 3.63) is 0 Å². The number of hydrogen-bond donors (Lipinski definition) is 1. The van der Waals surface area contributed by atoms with Crippen molar-refractivity contribution in [3.63, 3.8) is 0 Å². The van der Waals surface area contributed by atoms with E-state index in [4.69, 9.17) is 13.7 Å². The zero-order chi connectivity index (χ0) is 4.28. The van der Waals surface area contributed by atoms with Crippen molar-refractivity contribution < 1.29 is 47.6 Å². The summed E-state index contributed by atoms with van der Waals surface area (Å²) in [7, 11) is -2.77. The van der Waals surface area contributed by atoms with Gasteiger partial charge >= 0.3 is 29.6 Å². The van der Waals surface area contributed by atoms with Crippen LogP contribution in [0, 0.1) is 0 Å². The molecule has 0 saturated carbocycles. The van der Waals surface area contributed by atoms with Crippen LogP contribution in [0.5, 0.6) is 0 Å². The summed E-state index contributed by atoms with van der Waals surface area (Å²) < 4.78 is 20.5. The molecule has 0 rings (SSSR count). The van der Waals surface area contributed by atoms with Crippen molar-refractivity contribution in [2.75, 3.05) is 0 Å². The summed E-state index contributed by atoms with van der Waals surface area (Å²) in [4.78, 5) is 0. The molecule has 0 heterocycles. The summed E-state index contributed by atoms with van der Waals surface area (Å²) in [6, 6.07) is 0. The summed E-state index contributed by atoms with van der Waals surface area (Å²) >= 11 is 0. The van der Waals surface area contributed by atoms with Crippen LogP contribution < -0.4 is 29.6 Å². The van der Waals surface area contributed by atoms with E-state index in [-0.39, 0.29) is 29.6 Å². The SMILES string of the molecule is O=[S-](=O)OO.[Na+]. The van der Waals surface area contributed by atoms with Gasteiger partial charge in [0.05, 0.1) is 11.0 Å². The number of rotatable bonds is 1. The average Bonchev–Trinajstić information content (AvgIpc) is 1.38. The van der Waals surface area contributed by atoms with Gasteiger partial charge in [-0.3, -0.25) is 9.59 Å². The summed E-state index contributed by atoms with van der Waals surface area (Å²) in [5.74, 6) is 0. The minimum Gasteiger partial charge on any atom is -0.394 e. The van der Waals surface area contributed by atoms with E-state index in [2.05, 4.69) is 4.33 Å². The zero-order valence-electron chi connectivity index (χ0n) is 3.08. The molecule has 1 N–H and O–H groups in total. The molecule has 0 aromatic rings. The van der Waals surface area contributed by atoms with Gasteiger partial charge in [0.1, 0.15) is 0 Å². The Morgan fingerprint density at radius 2 is 1.67 bits per heavy atom. The number of hydrogen-bond acceptors (Lipinski definition) is 5. The third-order valence-corrected chi connectivity index (χ3v) is 0.183. The van der Waals surface area contributed by atoms with E-state index in [9.17, 15) is 0 Å². The van der Waals surface area contributed by atoms with Gasteiger partial charge in [-0.15, -0.1) is 0 Å². The van der Waals surface area contributed by atoms with Crippen LogP contribution >= 0.6 is 0 Å². The molecule has 6 heteroatoms. The second-order valence-corrected chi connectivity index (χ2v) is 0.836. The van der Waals surface area contributed by atoms with Crippen LogP contribution in [0.3, 0.4) is 0 Å². The van der Waals surface area contributed by atoms with Crippen LogP contribution in [0.15, 0.2) is 0 Å². The standard InChI is InChI=1S/Na.HO4S/c;1-4-5(2)3/h;1H/q+1;-1. The molecular formula is HNaO4S. The predicted octanol–water partition coefficient (Wildman–Crippen LogP) is -3.30. The molecular weight excluding hydrogens is 119 g/mol. The first-order valence-corrected chi connectivity index (χ1v) is 1.68. The fourth-order valence-electron chi connectivity index (χ4n) is 0. The summed E-state index contributed by atoms with van der Waals surface area (Å²) in [5.41, 5.74) is 0. The van der Waals surface area contributed by atoms with E-state index in [0.29, 0.717) is 0 Å². The van der Waals surface area contributed by atoms with Gasteiger partial charge in [-0.1, -0.05) is 0 Å². The second-order valence-electron chi connectivity index (χ2n) is 0.279. The fourth-order valence-corrected chi connectivity index (χ4v) is 0. The van der Waals surface area contributed by atoms with Crippen molar-refractivity contribution >= 4 is 11.0 Å². The van der Waals surface area contributed by atoms with Crippen molar-refractivity contribution in [1.29, 1.82) is 0 Å². The Morgan fingerprint density at radius 1 is 1.50 bits per heavy atom. The molecule has 0 aliphatic rings. The molecule has 0 bridgehead atoms. The van der Waals surface area contributed by atoms with Crippen LogP contribution in [0.2, 0.25) is 0 Å². The molecule has 0 spiro atoms. The Kier molecular flexibility index (Phi) is 9.76. The van der Waals surface area contributed by atoms with Gasteiger partial charge in [-0.05, 0) is 0 Å². The largest absolute Gasteiger partial charge is 1.00 e. The van der Waals surface area contributed by atoms with Gasteiger partial charge in [0.2, 0.25) is 0 Å².